The molecule has 0 unspecified atom stereocenters. The van der Waals surface area contributed by atoms with Gasteiger partial charge in [-0.15, -0.1) is 0 Å². The molecule has 0 aliphatic heterocycles. The minimum absolute atomic E-state index is 0.0142. The lowest BCUT2D eigenvalue weighted by atomic mass is 9.83. The van der Waals surface area contributed by atoms with Crippen LogP contribution in [-0.2, 0) is 10.2 Å². The first-order valence-electron chi connectivity index (χ1n) is 5.30. The molecule has 0 heterocycles. The summed E-state index contributed by atoms with van der Waals surface area (Å²) in [6.07, 6.45) is 2.32. The maximum atomic E-state index is 11.7. The Balaban J connectivity index is 2.37. The first-order chi connectivity index (χ1) is 6.95. The van der Waals surface area contributed by atoms with E-state index in [1.54, 1.807) is 0 Å². The Kier molecular flexibility index (Phi) is 4.51. The van der Waals surface area contributed by atoms with Gasteiger partial charge >= 0.3 is 0 Å². The lowest BCUT2D eigenvalue weighted by molar-refractivity contribution is 0.259. The van der Waals surface area contributed by atoms with Crippen molar-refractivity contribution in [3.63, 3.8) is 0 Å². The van der Waals surface area contributed by atoms with Crippen LogP contribution in [-0.4, -0.2) is 44.1 Å². The fourth-order valence-electron chi connectivity index (χ4n) is 1.71. The lowest BCUT2D eigenvalue weighted by Gasteiger charge is -2.34. The Labute approximate surface area is 91.7 Å². The number of aliphatic hydroxyl groups excluding tert-OH is 1. The van der Waals surface area contributed by atoms with Crippen LogP contribution in [0.1, 0.15) is 26.2 Å². The Hall–Kier alpha value is -0.170. The highest BCUT2D eigenvalue weighted by Crippen LogP contribution is 2.26. The number of hydrogen-bond acceptors (Lipinski definition) is 3. The van der Waals surface area contributed by atoms with Crippen molar-refractivity contribution >= 4 is 10.2 Å². The molecule has 0 spiro atoms. The van der Waals surface area contributed by atoms with Crippen molar-refractivity contribution in [2.75, 3.05) is 20.2 Å². The maximum Gasteiger partial charge on any atom is 0.279 e. The summed E-state index contributed by atoms with van der Waals surface area (Å²) in [6.45, 7) is 2.48. The largest absolute Gasteiger partial charge is 0.396 e. The summed E-state index contributed by atoms with van der Waals surface area (Å²) < 4.78 is 27.3. The predicted molar refractivity (Wildman–Crippen MR) is 58.6 cm³/mol. The van der Waals surface area contributed by atoms with Crippen LogP contribution in [0.5, 0.6) is 0 Å². The first-order valence-corrected chi connectivity index (χ1v) is 6.74. The molecule has 0 saturated heterocycles. The van der Waals surface area contributed by atoms with Gasteiger partial charge in [-0.25, -0.2) is 0 Å². The SMILES string of the molecule is CC1CC(NS(=O)(=O)N(C)CCCO)C1. The van der Waals surface area contributed by atoms with E-state index in [9.17, 15) is 8.42 Å². The van der Waals surface area contributed by atoms with Gasteiger partial charge in [0.05, 0.1) is 0 Å². The molecule has 0 bridgehead atoms. The van der Waals surface area contributed by atoms with Gasteiger partial charge in [0.15, 0.2) is 0 Å². The van der Waals surface area contributed by atoms with Gasteiger partial charge in [0.1, 0.15) is 0 Å². The van der Waals surface area contributed by atoms with Gasteiger partial charge in [0.25, 0.3) is 10.2 Å². The van der Waals surface area contributed by atoms with Crippen molar-refractivity contribution in [1.82, 2.24) is 9.03 Å². The molecule has 2 N–H and O–H groups in total. The third-order valence-corrected chi connectivity index (χ3v) is 4.37. The van der Waals surface area contributed by atoms with Crippen LogP contribution in [0.2, 0.25) is 0 Å². The topological polar surface area (TPSA) is 69.6 Å². The third-order valence-electron chi connectivity index (χ3n) is 2.73. The van der Waals surface area contributed by atoms with Gasteiger partial charge in [-0.2, -0.15) is 17.4 Å². The van der Waals surface area contributed by atoms with E-state index in [0.717, 1.165) is 12.8 Å². The predicted octanol–water partition coefficient (Wildman–Crippen LogP) is -0.0665. The number of rotatable bonds is 6. The normalized spacial score (nSPS) is 26.7. The quantitative estimate of drug-likeness (QED) is 0.678. The molecule has 1 rings (SSSR count). The number of aliphatic hydroxyl groups is 1. The molecule has 6 heteroatoms. The van der Waals surface area contributed by atoms with Crippen molar-refractivity contribution < 1.29 is 13.5 Å². The van der Waals surface area contributed by atoms with Gasteiger partial charge in [0.2, 0.25) is 0 Å². The van der Waals surface area contributed by atoms with Crippen LogP contribution >= 0.6 is 0 Å². The Morgan fingerprint density at radius 3 is 2.53 bits per heavy atom. The standard InChI is InChI=1S/C9H20N2O3S/c1-8-6-9(7-8)10-15(13,14)11(2)4-3-5-12/h8-10,12H,3-7H2,1-2H3. The molecule has 90 valence electrons. The first kappa shape index (κ1) is 12.9. The van der Waals surface area contributed by atoms with E-state index in [0.29, 0.717) is 18.9 Å². The van der Waals surface area contributed by atoms with Crippen LogP contribution in [0.3, 0.4) is 0 Å². The average molecular weight is 236 g/mol. The summed E-state index contributed by atoms with van der Waals surface area (Å²) in [5.74, 6) is 0.625. The highest BCUT2D eigenvalue weighted by Gasteiger charge is 2.30. The zero-order valence-corrected chi connectivity index (χ0v) is 10.1. The van der Waals surface area contributed by atoms with E-state index in [4.69, 9.17) is 5.11 Å². The minimum atomic E-state index is -3.34. The lowest BCUT2D eigenvalue weighted by Crippen LogP contribution is -2.48. The Morgan fingerprint density at radius 2 is 2.07 bits per heavy atom. The molecule has 0 amide bonds. The Bertz CT molecular complexity index is 286. The van der Waals surface area contributed by atoms with Gasteiger partial charge in [-0.05, 0) is 25.2 Å². The van der Waals surface area contributed by atoms with Crippen molar-refractivity contribution in [2.24, 2.45) is 5.92 Å². The average Bonchev–Trinajstić information content (AvgIpc) is 2.11. The van der Waals surface area contributed by atoms with Crippen LogP contribution in [0.4, 0.5) is 0 Å². The fraction of sp³-hybridized carbons (Fsp3) is 1.00. The summed E-state index contributed by atoms with van der Waals surface area (Å²) in [7, 11) is -1.82. The molecule has 1 aliphatic rings. The molecule has 1 saturated carbocycles. The van der Waals surface area contributed by atoms with Crippen LogP contribution in [0.15, 0.2) is 0 Å². The molecule has 1 fully saturated rings. The Morgan fingerprint density at radius 1 is 1.47 bits per heavy atom. The van der Waals surface area contributed by atoms with Crippen molar-refractivity contribution in [1.29, 1.82) is 0 Å². The zero-order valence-electron chi connectivity index (χ0n) is 9.31. The second-order valence-corrected chi connectivity index (χ2v) is 6.10. The van der Waals surface area contributed by atoms with E-state index < -0.39 is 10.2 Å². The second-order valence-electron chi connectivity index (χ2n) is 4.30. The van der Waals surface area contributed by atoms with Crippen LogP contribution in [0.25, 0.3) is 0 Å². The van der Waals surface area contributed by atoms with Crippen molar-refractivity contribution in [3.8, 4) is 0 Å². The van der Waals surface area contributed by atoms with E-state index >= 15 is 0 Å². The van der Waals surface area contributed by atoms with Crippen molar-refractivity contribution in [2.45, 2.75) is 32.2 Å². The van der Waals surface area contributed by atoms with E-state index in [1.807, 2.05) is 0 Å². The molecular weight excluding hydrogens is 216 g/mol. The number of hydrogen-bond donors (Lipinski definition) is 2. The maximum absolute atomic E-state index is 11.7. The molecule has 0 aromatic heterocycles. The summed E-state index contributed by atoms with van der Waals surface area (Å²) in [4.78, 5) is 0. The molecule has 0 aromatic carbocycles. The molecule has 0 radical (unpaired) electrons. The zero-order chi connectivity index (χ0) is 11.5. The highest BCUT2D eigenvalue weighted by molar-refractivity contribution is 7.87. The second kappa shape index (κ2) is 5.25. The minimum Gasteiger partial charge on any atom is -0.396 e. The molecular formula is C9H20N2O3S. The number of nitrogens with zero attached hydrogens (tertiary/aromatic N) is 1. The monoisotopic (exact) mass is 236 g/mol. The molecule has 1 aliphatic carbocycles. The van der Waals surface area contributed by atoms with E-state index in [-0.39, 0.29) is 12.6 Å². The summed E-state index contributed by atoms with van der Waals surface area (Å²) in [5.41, 5.74) is 0. The molecule has 0 atom stereocenters. The van der Waals surface area contributed by atoms with Gasteiger partial charge in [0, 0.05) is 26.2 Å². The molecule has 5 nitrogen and oxygen atoms in total. The third kappa shape index (κ3) is 3.71. The van der Waals surface area contributed by atoms with E-state index in [2.05, 4.69) is 11.6 Å². The van der Waals surface area contributed by atoms with Crippen LogP contribution < -0.4 is 4.72 Å². The highest BCUT2D eigenvalue weighted by atomic mass is 32.2. The van der Waals surface area contributed by atoms with Gasteiger partial charge in [-0.3, -0.25) is 0 Å². The van der Waals surface area contributed by atoms with Gasteiger partial charge < -0.3 is 5.11 Å². The van der Waals surface area contributed by atoms with E-state index in [1.165, 1.54) is 11.4 Å². The molecule has 15 heavy (non-hydrogen) atoms. The summed E-state index contributed by atoms with van der Waals surface area (Å²) in [5, 5.41) is 8.61. The van der Waals surface area contributed by atoms with Crippen LogP contribution in [0, 0.1) is 5.92 Å². The smallest absolute Gasteiger partial charge is 0.279 e. The van der Waals surface area contributed by atoms with Gasteiger partial charge in [-0.1, -0.05) is 6.92 Å². The van der Waals surface area contributed by atoms with Crippen molar-refractivity contribution in [3.05, 3.63) is 0 Å². The summed E-state index contributed by atoms with van der Waals surface area (Å²) >= 11 is 0. The molecule has 0 aromatic rings. The number of nitrogens with one attached hydrogen (secondary N) is 1. The summed E-state index contributed by atoms with van der Waals surface area (Å²) in [6, 6.07) is 0.0987. The fourth-order valence-corrected chi connectivity index (χ4v) is 2.88.